The first kappa shape index (κ1) is 10.5. The maximum atomic E-state index is 11.1. The first-order valence-corrected chi connectivity index (χ1v) is 4.82. The van der Waals surface area contributed by atoms with Crippen molar-refractivity contribution in [1.82, 2.24) is 19.9 Å². The van der Waals surface area contributed by atoms with Crippen LogP contribution in [-0.4, -0.2) is 25.0 Å². The number of aliphatic hydroxyl groups excluding tert-OH is 1. The van der Waals surface area contributed by atoms with E-state index in [0.717, 1.165) is 6.20 Å². The van der Waals surface area contributed by atoms with Crippen LogP contribution in [0.5, 0.6) is 0 Å². The number of fused-ring (bicyclic) bond motifs is 1. The Morgan fingerprint density at radius 1 is 1.56 bits per heavy atom. The fourth-order valence-electron chi connectivity index (χ4n) is 1.31. The van der Waals surface area contributed by atoms with Crippen molar-refractivity contribution in [3.05, 3.63) is 22.4 Å². The molecule has 16 heavy (non-hydrogen) atoms. The molecule has 1 atom stereocenters. The summed E-state index contributed by atoms with van der Waals surface area (Å²) >= 11 is 0. The smallest absolute Gasteiger partial charge is 0.268 e. The standard InChI is InChI=1S/C9H11N5O2/c1-2-4(15)8-13-7(10)6-9(14-8)12-5(16)3-11-6/h3-4,15H,2H2,1H3,(H3,10,12,13,14,16). The summed E-state index contributed by atoms with van der Waals surface area (Å²) in [6, 6.07) is 0. The molecule has 2 aromatic rings. The van der Waals surface area contributed by atoms with Crippen LogP contribution in [0.4, 0.5) is 5.82 Å². The van der Waals surface area contributed by atoms with Crippen molar-refractivity contribution in [3.63, 3.8) is 0 Å². The summed E-state index contributed by atoms with van der Waals surface area (Å²) in [6.45, 7) is 1.79. The number of hydrogen-bond acceptors (Lipinski definition) is 6. The minimum atomic E-state index is -0.796. The van der Waals surface area contributed by atoms with Crippen LogP contribution in [0, 0.1) is 0 Å². The van der Waals surface area contributed by atoms with Crippen LogP contribution in [0.1, 0.15) is 25.3 Å². The highest BCUT2D eigenvalue weighted by Crippen LogP contribution is 2.17. The van der Waals surface area contributed by atoms with E-state index in [1.54, 1.807) is 6.92 Å². The van der Waals surface area contributed by atoms with E-state index in [0.29, 0.717) is 11.9 Å². The average Bonchev–Trinajstić information content (AvgIpc) is 2.27. The lowest BCUT2D eigenvalue weighted by molar-refractivity contribution is 0.164. The Hall–Kier alpha value is -2.02. The summed E-state index contributed by atoms with van der Waals surface area (Å²) in [5.74, 6) is 0.333. The van der Waals surface area contributed by atoms with Crippen LogP contribution in [0.2, 0.25) is 0 Å². The second-order valence-corrected chi connectivity index (χ2v) is 3.34. The molecule has 0 fully saturated rings. The van der Waals surface area contributed by atoms with E-state index in [4.69, 9.17) is 5.73 Å². The zero-order valence-electron chi connectivity index (χ0n) is 8.64. The summed E-state index contributed by atoms with van der Waals surface area (Å²) < 4.78 is 0. The Morgan fingerprint density at radius 3 is 3.00 bits per heavy atom. The lowest BCUT2D eigenvalue weighted by Crippen LogP contribution is -2.12. The number of nitrogens with one attached hydrogen (secondary N) is 1. The molecule has 1 unspecified atom stereocenters. The normalized spacial score (nSPS) is 12.9. The van der Waals surface area contributed by atoms with Gasteiger partial charge in [0.2, 0.25) is 0 Å². The van der Waals surface area contributed by atoms with Gasteiger partial charge in [-0.1, -0.05) is 6.92 Å². The number of aliphatic hydroxyl groups is 1. The molecule has 84 valence electrons. The molecular formula is C9H11N5O2. The van der Waals surface area contributed by atoms with Crippen molar-refractivity contribution in [2.24, 2.45) is 0 Å². The molecule has 0 aliphatic heterocycles. The molecule has 0 aromatic carbocycles. The summed E-state index contributed by atoms with van der Waals surface area (Å²) in [4.78, 5) is 25.3. The quantitative estimate of drug-likeness (QED) is 0.643. The van der Waals surface area contributed by atoms with Gasteiger partial charge in [-0.3, -0.25) is 4.79 Å². The van der Waals surface area contributed by atoms with Crippen molar-refractivity contribution in [2.75, 3.05) is 5.73 Å². The predicted molar refractivity (Wildman–Crippen MR) is 57.6 cm³/mol. The van der Waals surface area contributed by atoms with Gasteiger partial charge in [-0.05, 0) is 6.42 Å². The van der Waals surface area contributed by atoms with Crippen LogP contribution in [0.15, 0.2) is 11.0 Å². The molecule has 0 aliphatic carbocycles. The highest BCUT2D eigenvalue weighted by atomic mass is 16.3. The highest BCUT2D eigenvalue weighted by molar-refractivity contribution is 5.80. The fraction of sp³-hybridized carbons (Fsp3) is 0.333. The summed E-state index contributed by atoms with van der Waals surface area (Å²) in [5.41, 5.74) is 5.84. The molecule has 0 saturated carbocycles. The molecule has 0 amide bonds. The summed E-state index contributed by atoms with van der Waals surface area (Å²) in [5, 5.41) is 9.59. The van der Waals surface area contributed by atoms with Gasteiger partial charge in [-0.15, -0.1) is 0 Å². The van der Waals surface area contributed by atoms with E-state index in [9.17, 15) is 9.90 Å². The van der Waals surface area contributed by atoms with E-state index in [1.807, 2.05) is 0 Å². The Labute approximate surface area is 90.4 Å². The Balaban J connectivity index is 2.69. The molecule has 2 rings (SSSR count). The van der Waals surface area contributed by atoms with Gasteiger partial charge < -0.3 is 15.8 Å². The van der Waals surface area contributed by atoms with Crippen LogP contribution in [0.3, 0.4) is 0 Å². The van der Waals surface area contributed by atoms with E-state index in [2.05, 4.69) is 19.9 Å². The molecule has 2 heterocycles. The minimum Gasteiger partial charge on any atom is -0.385 e. The molecule has 0 radical (unpaired) electrons. The molecule has 0 aliphatic rings. The average molecular weight is 221 g/mol. The van der Waals surface area contributed by atoms with Gasteiger partial charge in [0, 0.05) is 0 Å². The molecule has 0 saturated heterocycles. The summed E-state index contributed by atoms with van der Waals surface area (Å²) in [6.07, 6.45) is 0.781. The topological polar surface area (TPSA) is 118 Å². The first-order chi connectivity index (χ1) is 7.61. The van der Waals surface area contributed by atoms with Gasteiger partial charge in [-0.25, -0.2) is 15.0 Å². The minimum absolute atomic E-state index is 0.142. The lowest BCUT2D eigenvalue weighted by atomic mass is 10.2. The molecule has 4 N–H and O–H groups in total. The molecular weight excluding hydrogens is 210 g/mol. The van der Waals surface area contributed by atoms with Gasteiger partial charge >= 0.3 is 0 Å². The molecule has 0 bridgehead atoms. The Bertz CT molecular complexity index is 580. The third-order valence-corrected chi connectivity index (χ3v) is 2.17. The van der Waals surface area contributed by atoms with Crippen molar-refractivity contribution >= 4 is 17.0 Å². The van der Waals surface area contributed by atoms with Crippen molar-refractivity contribution in [1.29, 1.82) is 0 Å². The van der Waals surface area contributed by atoms with Crippen LogP contribution in [0.25, 0.3) is 11.2 Å². The molecule has 2 aromatic heterocycles. The zero-order valence-corrected chi connectivity index (χ0v) is 8.64. The van der Waals surface area contributed by atoms with E-state index in [1.165, 1.54) is 0 Å². The van der Waals surface area contributed by atoms with Gasteiger partial charge in [0.15, 0.2) is 17.3 Å². The first-order valence-electron chi connectivity index (χ1n) is 4.82. The van der Waals surface area contributed by atoms with E-state index < -0.39 is 6.10 Å². The third-order valence-electron chi connectivity index (χ3n) is 2.17. The van der Waals surface area contributed by atoms with Crippen LogP contribution < -0.4 is 11.3 Å². The fourth-order valence-corrected chi connectivity index (χ4v) is 1.31. The van der Waals surface area contributed by atoms with Gasteiger partial charge in [0.25, 0.3) is 5.56 Å². The number of aromatic amines is 1. The maximum absolute atomic E-state index is 11.1. The molecule has 0 spiro atoms. The number of aromatic nitrogens is 4. The largest absolute Gasteiger partial charge is 0.385 e. The van der Waals surface area contributed by atoms with Gasteiger partial charge in [-0.2, -0.15) is 0 Å². The Kier molecular flexibility index (Phi) is 2.53. The maximum Gasteiger partial charge on any atom is 0.268 e. The lowest BCUT2D eigenvalue weighted by Gasteiger charge is -2.07. The predicted octanol–water partition coefficient (Wildman–Crippen LogP) is -0.261. The summed E-state index contributed by atoms with van der Waals surface area (Å²) in [7, 11) is 0. The number of H-pyrrole nitrogens is 1. The number of anilines is 1. The zero-order chi connectivity index (χ0) is 11.7. The van der Waals surface area contributed by atoms with Crippen molar-refractivity contribution < 1.29 is 5.11 Å². The van der Waals surface area contributed by atoms with E-state index in [-0.39, 0.29) is 22.8 Å². The number of nitrogens with two attached hydrogens (primary N) is 1. The highest BCUT2D eigenvalue weighted by Gasteiger charge is 2.12. The van der Waals surface area contributed by atoms with Crippen molar-refractivity contribution in [3.8, 4) is 0 Å². The monoisotopic (exact) mass is 221 g/mol. The second-order valence-electron chi connectivity index (χ2n) is 3.34. The van der Waals surface area contributed by atoms with Crippen LogP contribution in [-0.2, 0) is 0 Å². The second kappa shape index (κ2) is 3.86. The number of rotatable bonds is 2. The number of hydrogen-bond donors (Lipinski definition) is 3. The number of nitrogens with zero attached hydrogens (tertiary/aromatic N) is 3. The van der Waals surface area contributed by atoms with Crippen molar-refractivity contribution in [2.45, 2.75) is 19.4 Å². The van der Waals surface area contributed by atoms with Gasteiger partial charge in [0.05, 0.1) is 6.20 Å². The molecule has 7 heteroatoms. The molecule has 7 nitrogen and oxygen atoms in total. The third kappa shape index (κ3) is 1.72. The van der Waals surface area contributed by atoms with Gasteiger partial charge in [0.1, 0.15) is 11.6 Å². The SMILES string of the molecule is CCC(O)c1nc(N)c2ncc(=O)[nH]c2n1. The Morgan fingerprint density at radius 2 is 2.31 bits per heavy atom. The number of nitrogen functional groups attached to an aromatic ring is 1. The van der Waals surface area contributed by atoms with E-state index >= 15 is 0 Å². The van der Waals surface area contributed by atoms with Crippen LogP contribution >= 0.6 is 0 Å².